The Kier molecular flexibility index (Phi) is 7.26. The minimum absolute atomic E-state index is 0.184. The van der Waals surface area contributed by atoms with Gasteiger partial charge in [-0.05, 0) is 7.05 Å². The van der Waals surface area contributed by atoms with Crippen molar-refractivity contribution in [3.8, 4) is 0 Å². The second-order valence-electron chi connectivity index (χ2n) is 4.18. The molecule has 0 aromatic rings. The number of hydroxylamine groups is 1. The molecule has 0 amide bonds. The van der Waals surface area contributed by atoms with Crippen molar-refractivity contribution in [3.05, 3.63) is 38.9 Å². The Bertz CT molecular complexity index is 268. The van der Waals surface area contributed by atoms with Crippen molar-refractivity contribution in [3.63, 3.8) is 0 Å². The van der Waals surface area contributed by atoms with Crippen LogP contribution in [0.15, 0.2) is 33.7 Å². The summed E-state index contributed by atoms with van der Waals surface area (Å²) in [5.74, 6) is 0. The van der Waals surface area contributed by atoms with Crippen LogP contribution in [0.25, 0.3) is 0 Å². The molecule has 0 bridgehead atoms. The van der Waals surface area contributed by atoms with E-state index in [0.717, 1.165) is 0 Å². The van der Waals surface area contributed by atoms with Crippen LogP contribution in [-0.4, -0.2) is 28.8 Å². The molecule has 0 saturated heterocycles. The Labute approximate surface area is 101 Å². The Morgan fingerprint density at radius 3 is 2.40 bits per heavy atom. The number of rotatable bonds is 1. The topological polar surface area (TPSA) is 61.1 Å². The quantitative estimate of drug-likeness (QED) is 0.727. The van der Waals surface area contributed by atoms with E-state index in [9.17, 15) is 0 Å². The van der Waals surface area contributed by atoms with E-state index in [1.54, 1.807) is 0 Å². The molecule has 0 unspecified atom stereocenters. The zero-order chi connectivity index (χ0) is 11.9. The van der Waals surface area contributed by atoms with Crippen molar-refractivity contribution in [2.75, 3.05) is 7.05 Å². The van der Waals surface area contributed by atoms with Crippen LogP contribution in [0.2, 0.25) is 4.68 Å². The summed E-state index contributed by atoms with van der Waals surface area (Å²) in [6.45, 7) is 4.43. The van der Waals surface area contributed by atoms with Crippen molar-refractivity contribution >= 4 is 21.7 Å². The molecule has 15 heavy (non-hydrogen) atoms. The third-order valence-electron chi connectivity index (χ3n) is 1.99. The molecule has 1 aliphatic rings. The van der Waals surface area contributed by atoms with E-state index in [-0.39, 0.29) is 5.41 Å². The average molecular weight is 311 g/mol. The van der Waals surface area contributed by atoms with Crippen molar-refractivity contribution in [1.29, 1.82) is 0 Å². The first-order valence-corrected chi connectivity index (χ1v) is 11.9. The molecule has 0 radical (unpaired) electrons. The van der Waals surface area contributed by atoms with Gasteiger partial charge in [-0.2, -0.15) is 0 Å². The fourth-order valence-corrected chi connectivity index (χ4v) is 4.44. The van der Waals surface area contributed by atoms with E-state index in [0.29, 0.717) is 0 Å². The van der Waals surface area contributed by atoms with Gasteiger partial charge in [-0.25, -0.2) is 0 Å². The number of allylic oxidation sites excluding steroid dienone is 6. The maximum absolute atomic E-state index is 8.68. The minimum atomic E-state index is -1.77. The molecule has 3 N–H and O–H groups in total. The van der Waals surface area contributed by atoms with Crippen LogP contribution in [0.4, 0.5) is 0 Å². The SMILES string of the molecule is CN[O-].[CH3][In]([NH2])[C]1=CC(C)(C)C=CC=C1. The van der Waals surface area contributed by atoms with E-state index >= 15 is 0 Å². The zero-order valence-corrected chi connectivity index (χ0v) is 13.2. The van der Waals surface area contributed by atoms with Gasteiger partial charge in [0.15, 0.2) is 0 Å². The normalized spacial score (nSPS) is 17.3. The van der Waals surface area contributed by atoms with E-state index in [2.05, 4.69) is 48.9 Å². The summed E-state index contributed by atoms with van der Waals surface area (Å²) in [5.41, 5.74) is 1.68. The number of hydrogen-bond donors (Lipinski definition) is 2. The van der Waals surface area contributed by atoms with E-state index in [1.165, 1.54) is 15.9 Å². The van der Waals surface area contributed by atoms with Crippen LogP contribution in [0.5, 0.6) is 0 Å². The predicted octanol–water partition coefficient (Wildman–Crippen LogP) is 1.89. The van der Waals surface area contributed by atoms with Gasteiger partial charge in [0.2, 0.25) is 0 Å². The van der Waals surface area contributed by atoms with Crippen LogP contribution >= 0.6 is 0 Å². The number of nitrogens with two attached hydrogens (primary N) is 1. The van der Waals surface area contributed by atoms with E-state index < -0.39 is 21.7 Å². The summed E-state index contributed by atoms with van der Waals surface area (Å²) in [5, 5.41) is 8.68. The Balaban J connectivity index is 0.000000583. The van der Waals surface area contributed by atoms with Crippen molar-refractivity contribution < 1.29 is 0 Å². The summed E-state index contributed by atoms with van der Waals surface area (Å²) < 4.78 is 9.66. The molecule has 0 aliphatic heterocycles. The molecule has 0 aromatic heterocycles. The van der Waals surface area contributed by atoms with Crippen LogP contribution in [0.1, 0.15) is 13.8 Å². The van der Waals surface area contributed by atoms with Crippen LogP contribution in [0, 0.1) is 10.6 Å². The number of hydrogen-bond acceptors (Lipinski definition) is 3. The standard InChI is InChI=1S/C9H11.CH4NO.CH3.In.H2N/c1-9(2)7-5-3-4-6-8-9;1-2-3;;;/h3-5,7-8H,1-2H3;2H,1H3;1H3;;1H2/q;-1;;+1;-1. The van der Waals surface area contributed by atoms with Gasteiger partial charge < -0.3 is 10.7 Å². The van der Waals surface area contributed by atoms with Gasteiger partial charge in [0, 0.05) is 0 Å². The molecule has 84 valence electrons. The number of nitrogens with one attached hydrogen (secondary N) is 1. The second kappa shape index (κ2) is 7.28. The molecule has 0 aromatic carbocycles. The van der Waals surface area contributed by atoms with Crippen LogP contribution < -0.4 is 9.20 Å². The zero-order valence-electron chi connectivity index (χ0n) is 9.95. The summed E-state index contributed by atoms with van der Waals surface area (Å²) in [6.07, 6.45) is 10.9. The van der Waals surface area contributed by atoms with Crippen LogP contribution in [-0.2, 0) is 0 Å². The molecule has 0 saturated carbocycles. The molecule has 0 atom stereocenters. The molecule has 0 spiro atoms. The molecule has 3 nitrogen and oxygen atoms in total. The van der Waals surface area contributed by atoms with E-state index in [1.807, 2.05) is 0 Å². The fraction of sp³-hybridized carbons (Fsp3) is 0.455. The van der Waals surface area contributed by atoms with E-state index in [4.69, 9.17) is 8.93 Å². The third-order valence-corrected chi connectivity index (χ3v) is 6.02. The first-order valence-electron chi connectivity index (χ1n) is 5.06. The van der Waals surface area contributed by atoms with Gasteiger partial charge in [0.25, 0.3) is 0 Å². The Morgan fingerprint density at radius 1 is 1.40 bits per heavy atom. The molecular weight excluding hydrogens is 291 g/mol. The first-order chi connectivity index (χ1) is 6.93. The summed E-state index contributed by atoms with van der Waals surface area (Å²) >= 11 is -1.77. The fourth-order valence-electron chi connectivity index (χ4n) is 1.28. The van der Waals surface area contributed by atoms with Gasteiger partial charge >= 0.3 is 83.1 Å². The molecule has 0 heterocycles. The van der Waals surface area contributed by atoms with Gasteiger partial charge in [0.1, 0.15) is 0 Å². The van der Waals surface area contributed by atoms with Crippen molar-refractivity contribution in [1.82, 2.24) is 5.48 Å². The van der Waals surface area contributed by atoms with Gasteiger partial charge in [-0.1, -0.05) is 0 Å². The summed E-state index contributed by atoms with van der Waals surface area (Å²) in [4.78, 5) is 0. The summed E-state index contributed by atoms with van der Waals surface area (Å²) in [6, 6.07) is 0. The summed E-state index contributed by atoms with van der Waals surface area (Å²) in [7, 11) is 1.32. The third kappa shape index (κ3) is 6.95. The second-order valence-corrected chi connectivity index (χ2v) is 10.6. The maximum atomic E-state index is 8.68. The molecule has 0 fully saturated rings. The average Bonchev–Trinajstić information content (AvgIpc) is 2.27. The molecule has 1 aliphatic carbocycles. The molecule has 4 heteroatoms. The van der Waals surface area contributed by atoms with Crippen molar-refractivity contribution in [2.45, 2.75) is 18.5 Å². The monoisotopic (exact) mass is 311 g/mol. The molecule has 1 rings (SSSR count). The Morgan fingerprint density at radius 2 is 1.93 bits per heavy atom. The predicted molar refractivity (Wildman–Crippen MR) is 68.4 cm³/mol. The van der Waals surface area contributed by atoms with Gasteiger partial charge in [-0.15, -0.1) is 0 Å². The van der Waals surface area contributed by atoms with Gasteiger partial charge in [-0.3, -0.25) is 0 Å². The van der Waals surface area contributed by atoms with Crippen molar-refractivity contribution in [2.24, 2.45) is 9.14 Å². The molecular formula is C11H20InN2O-. The first kappa shape index (κ1) is 15.0. The Hall–Kier alpha value is -0.0299. The van der Waals surface area contributed by atoms with Crippen LogP contribution in [0.3, 0.4) is 0 Å². The van der Waals surface area contributed by atoms with Gasteiger partial charge in [0.05, 0.1) is 0 Å².